The zero-order valence-electron chi connectivity index (χ0n) is 14.9. The van der Waals surface area contributed by atoms with E-state index in [1.807, 2.05) is 0 Å². The fraction of sp³-hybridized carbons (Fsp3) is 0.333. The van der Waals surface area contributed by atoms with E-state index in [4.69, 9.17) is 0 Å². The highest BCUT2D eigenvalue weighted by molar-refractivity contribution is 7.89. The van der Waals surface area contributed by atoms with Crippen LogP contribution < -0.4 is 10.2 Å². The van der Waals surface area contributed by atoms with Crippen molar-refractivity contribution in [3.63, 3.8) is 0 Å². The molecule has 8 heteroatoms. The number of hydrogen-bond acceptors (Lipinski definition) is 4. The van der Waals surface area contributed by atoms with Crippen molar-refractivity contribution < 1.29 is 18.0 Å². The number of carbonyl (C=O) groups excluding carboxylic acids is 2. The van der Waals surface area contributed by atoms with Gasteiger partial charge in [0.2, 0.25) is 15.9 Å². The van der Waals surface area contributed by atoms with Crippen molar-refractivity contribution in [2.75, 3.05) is 31.6 Å². The van der Waals surface area contributed by atoms with Crippen LogP contribution in [0.25, 0.3) is 10.8 Å². The first-order chi connectivity index (χ1) is 12.4. The molecule has 1 aliphatic heterocycles. The molecule has 0 spiro atoms. The number of carbonyl (C=O) groups is 2. The SMILES string of the molecule is CCN(CC)S(=O)(=O)c1ccc2c3c(cccc13)C(=O)N2CC(=O)NC. The number of amides is 2. The molecule has 0 fully saturated rings. The Balaban J connectivity index is 2.23. The summed E-state index contributed by atoms with van der Waals surface area (Å²) in [5.41, 5.74) is 0.973. The molecule has 26 heavy (non-hydrogen) atoms. The lowest BCUT2D eigenvalue weighted by Gasteiger charge is -2.20. The Morgan fingerprint density at radius 1 is 1.15 bits per heavy atom. The summed E-state index contributed by atoms with van der Waals surface area (Å²) in [4.78, 5) is 26.0. The summed E-state index contributed by atoms with van der Waals surface area (Å²) in [6, 6.07) is 8.16. The van der Waals surface area contributed by atoms with Crippen LogP contribution in [0.15, 0.2) is 35.2 Å². The van der Waals surface area contributed by atoms with E-state index >= 15 is 0 Å². The Kier molecular flexibility index (Phi) is 4.72. The van der Waals surface area contributed by atoms with Crippen LogP contribution >= 0.6 is 0 Å². The van der Waals surface area contributed by atoms with E-state index in [0.717, 1.165) is 0 Å². The fourth-order valence-corrected chi connectivity index (χ4v) is 4.97. The molecule has 2 aromatic rings. The summed E-state index contributed by atoms with van der Waals surface area (Å²) >= 11 is 0. The zero-order chi connectivity index (χ0) is 19.1. The van der Waals surface area contributed by atoms with Gasteiger partial charge in [0.1, 0.15) is 6.54 Å². The van der Waals surface area contributed by atoms with Gasteiger partial charge in [-0.05, 0) is 18.2 Å². The van der Waals surface area contributed by atoms with E-state index < -0.39 is 10.0 Å². The average Bonchev–Trinajstić information content (AvgIpc) is 2.90. The molecule has 138 valence electrons. The molecular weight excluding hydrogens is 354 g/mol. The molecule has 1 N–H and O–H groups in total. The van der Waals surface area contributed by atoms with Crippen molar-refractivity contribution in [1.82, 2.24) is 9.62 Å². The first-order valence-corrected chi connectivity index (χ1v) is 9.89. The maximum atomic E-state index is 13.0. The van der Waals surface area contributed by atoms with Gasteiger partial charge in [-0.2, -0.15) is 4.31 Å². The van der Waals surface area contributed by atoms with E-state index in [9.17, 15) is 18.0 Å². The highest BCUT2D eigenvalue weighted by Crippen LogP contribution is 2.40. The van der Waals surface area contributed by atoms with Crippen molar-refractivity contribution in [2.45, 2.75) is 18.7 Å². The van der Waals surface area contributed by atoms with Crippen LogP contribution in [0, 0.1) is 0 Å². The van der Waals surface area contributed by atoms with Crippen molar-refractivity contribution in [1.29, 1.82) is 0 Å². The monoisotopic (exact) mass is 375 g/mol. The molecule has 1 aliphatic rings. The summed E-state index contributed by atoms with van der Waals surface area (Å²) in [5.74, 6) is -0.592. The van der Waals surface area contributed by atoms with Gasteiger partial charge in [0, 0.05) is 36.5 Å². The quantitative estimate of drug-likeness (QED) is 0.830. The smallest absolute Gasteiger partial charge is 0.259 e. The number of sulfonamides is 1. The second-order valence-electron chi connectivity index (χ2n) is 5.96. The number of nitrogens with one attached hydrogen (secondary N) is 1. The van der Waals surface area contributed by atoms with Crippen LogP contribution in [0.2, 0.25) is 0 Å². The van der Waals surface area contributed by atoms with Crippen LogP contribution in [0.4, 0.5) is 5.69 Å². The molecule has 0 radical (unpaired) electrons. The molecule has 0 unspecified atom stereocenters. The first-order valence-electron chi connectivity index (χ1n) is 8.45. The molecule has 3 rings (SSSR count). The van der Waals surface area contributed by atoms with E-state index in [-0.39, 0.29) is 23.3 Å². The normalized spacial score (nSPS) is 13.7. The number of anilines is 1. The Morgan fingerprint density at radius 3 is 2.46 bits per heavy atom. The highest BCUT2D eigenvalue weighted by Gasteiger charge is 2.34. The molecule has 0 aromatic heterocycles. The Morgan fingerprint density at radius 2 is 1.85 bits per heavy atom. The minimum absolute atomic E-state index is 0.110. The standard InChI is InChI=1S/C18H21N3O4S/c1-4-20(5-2)26(24,25)15-10-9-14-17-12(15)7-6-8-13(17)18(23)21(14)11-16(22)19-3/h6-10H,4-5,11H2,1-3H3,(H,19,22). The Hall–Kier alpha value is -2.45. The third-order valence-corrected chi connectivity index (χ3v) is 6.76. The van der Waals surface area contributed by atoms with Gasteiger partial charge in [-0.25, -0.2) is 8.42 Å². The van der Waals surface area contributed by atoms with Crippen LogP contribution in [0.1, 0.15) is 24.2 Å². The second-order valence-corrected chi connectivity index (χ2v) is 7.87. The van der Waals surface area contributed by atoms with E-state index in [0.29, 0.717) is 35.1 Å². The zero-order valence-corrected chi connectivity index (χ0v) is 15.8. The minimum Gasteiger partial charge on any atom is -0.358 e. The number of rotatable bonds is 6. The molecule has 2 amide bonds. The van der Waals surface area contributed by atoms with Gasteiger partial charge in [0.05, 0.1) is 10.6 Å². The summed E-state index contributed by atoms with van der Waals surface area (Å²) in [6.07, 6.45) is 0. The fourth-order valence-electron chi connectivity index (χ4n) is 3.33. The maximum absolute atomic E-state index is 13.0. The molecule has 2 aromatic carbocycles. The average molecular weight is 375 g/mol. The van der Waals surface area contributed by atoms with Gasteiger partial charge >= 0.3 is 0 Å². The third kappa shape index (κ3) is 2.65. The van der Waals surface area contributed by atoms with Crippen molar-refractivity contribution in [3.8, 4) is 0 Å². The second kappa shape index (κ2) is 6.69. The van der Waals surface area contributed by atoms with Gasteiger partial charge in [-0.1, -0.05) is 26.0 Å². The summed E-state index contributed by atoms with van der Waals surface area (Å²) in [7, 11) is -2.17. The molecule has 1 heterocycles. The minimum atomic E-state index is -3.67. The molecule has 0 bridgehead atoms. The molecular formula is C18H21N3O4S. The first kappa shape index (κ1) is 18.3. The number of hydrogen-bond donors (Lipinski definition) is 1. The third-order valence-electron chi connectivity index (χ3n) is 4.65. The maximum Gasteiger partial charge on any atom is 0.259 e. The molecule has 7 nitrogen and oxygen atoms in total. The predicted molar refractivity (Wildman–Crippen MR) is 99.8 cm³/mol. The Bertz CT molecular complexity index is 997. The largest absolute Gasteiger partial charge is 0.358 e. The molecule has 0 saturated carbocycles. The summed E-state index contributed by atoms with van der Waals surface area (Å²) in [6.45, 7) is 4.19. The van der Waals surface area contributed by atoms with Gasteiger partial charge in [-0.15, -0.1) is 0 Å². The molecule has 0 atom stereocenters. The predicted octanol–water partition coefficient (Wildman–Crippen LogP) is 1.58. The highest BCUT2D eigenvalue weighted by atomic mass is 32.2. The summed E-state index contributed by atoms with van der Waals surface area (Å²) in [5, 5.41) is 3.58. The van der Waals surface area contributed by atoms with E-state index in [1.165, 1.54) is 22.3 Å². The molecule has 0 saturated heterocycles. The molecule has 0 aliphatic carbocycles. The number of benzene rings is 2. The van der Waals surface area contributed by atoms with Gasteiger partial charge in [-0.3, -0.25) is 14.5 Å². The summed E-state index contributed by atoms with van der Waals surface area (Å²) < 4.78 is 27.4. The lowest BCUT2D eigenvalue weighted by atomic mass is 10.1. The van der Waals surface area contributed by atoms with Gasteiger partial charge in [0.15, 0.2) is 0 Å². The van der Waals surface area contributed by atoms with Crippen LogP contribution in [-0.4, -0.2) is 51.2 Å². The van der Waals surface area contributed by atoms with Crippen LogP contribution in [0.3, 0.4) is 0 Å². The van der Waals surface area contributed by atoms with E-state index in [2.05, 4.69) is 5.32 Å². The topological polar surface area (TPSA) is 86.8 Å². The number of nitrogens with zero attached hydrogens (tertiary/aromatic N) is 2. The van der Waals surface area contributed by atoms with Crippen LogP contribution in [-0.2, 0) is 14.8 Å². The van der Waals surface area contributed by atoms with Gasteiger partial charge in [0.25, 0.3) is 5.91 Å². The lowest BCUT2D eigenvalue weighted by molar-refractivity contribution is -0.119. The Labute approximate surface area is 152 Å². The van der Waals surface area contributed by atoms with Crippen LogP contribution in [0.5, 0.6) is 0 Å². The van der Waals surface area contributed by atoms with E-state index in [1.54, 1.807) is 38.1 Å². The lowest BCUT2D eigenvalue weighted by Crippen LogP contribution is -2.37. The van der Waals surface area contributed by atoms with Crippen molar-refractivity contribution in [2.24, 2.45) is 0 Å². The van der Waals surface area contributed by atoms with Crippen molar-refractivity contribution >= 4 is 38.3 Å². The number of likely N-dealkylation sites (N-methyl/N-ethyl adjacent to an activating group) is 1. The van der Waals surface area contributed by atoms with Gasteiger partial charge < -0.3 is 5.32 Å². The van der Waals surface area contributed by atoms with Crippen molar-refractivity contribution in [3.05, 3.63) is 35.9 Å².